The molecule has 0 aliphatic rings. The van der Waals surface area contributed by atoms with Gasteiger partial charge in [-0.3, -0.25) is 4.79 Å². The van der Waals surface area contributed by atoms with Crippen LogP contribution in [0.3, 0.4) is 0 Å². The van der Waals surface area contributed by atoms with Crippen LogP contribution in [0, 0.1) is 11.3 Å². The normalized spacial score (nSPS) is 12.0. The van der Waals surface area contributed by atoms with Crippen molar-refractivity contribution >= 4 is 23.5 Å². The standard InChI is InChI=1S/C23H24N2O3/c1-5-17-6-10-19(11-7-17)22(26)16(2)28-23(27)20(15-24)14-18-8-12-21(13-9-18)25(3)4/h6-14,16H,5H2,1-4H3/b20-14+/t16-/m0/s1. The van der Waals surface area contributed by atoms with Crippen molar-refractivity contribution in [1.82, 2.24) is 0 Å². The number of esters is 1. The van der Waals surface area contributed by atoms with Crippen molar-refractivity contribution in [3.8, 4) is 6.07 Å². The molecule has 0 amide bonds. The van der Waals surface area contributed by atoms with Crippen LogP contribution in [-0.2, 0) is 16.0 Å². The van der Waals surface area contributed by atoms with E-state index in [-0.39, 0.29) is 11.4 Å². The number of Topliss-reactive ketones (excluding diaryl/α,β-unsaturated/α-hetero) is 1. The minimum absolute atomic E-state index is 0.154. The first-order valence-electron chi connectivity index (χ1n) is 9.09. The molecule has 0 aliphatic heterocycles. The zero-order valence-electron chi connectivity index (χ0n) is 16.6. The van der Waals surface area contributed by atoms with E-state index in [1.807, 2.05) is 68.4 Å². The van der Waals surface area contributed by atoms with Crippen LogP contribution >= 0.6 is 0 Å². The number of ketones is 1. The fourth-order valence-electron chi connectivity index (χ4n) is 2.59. The molecule has 1 atom stereocenters. The van der Waals surface area contributed by atoms with Crippen molar-refractivity contribution in [3.05, 3.63) is 70.8 Å². The van der Waals surface area contributed by atoms with Crippen LogP contribution in [-0.4, -0.2) is 32.0 Å². The Kier molecular flexibility index (Phi) is 7.11. The molecule has 0 saturated carbocycles. The second-order valence-electron chi connectivity index (χ2n) is 6.62. The number of aryl methyl sites for hydroxylation is 1. The Labute approximate surface area is 165 Å². The highest BCUT2D eigenvalue weighted by atomic mass is 16.5. The Morgan fingerprint density at radius 1 is 1.11 bits per heavy atom. The van der Waals surface area contributed by atoms with Crippen molar-refractivity contribution in [2.24, 2.45) is 0 Å². The van der Waals surface area contributed by atoms with E-state index in [2.05, 4.69) is 0 Å². The topological polar surface area (TPSA) is 70.4 Å². The van der Waals surface area contributed by atoms with Crippen LogP contribution in [0.15, 0.2) is 54.1 Å². The number of benzene rings is 2. The summed E-state index contributed by atoms with van der Waals surface area (Å²) >= 11 is 0. The lowest BCUT2D eigenvalue weighted by atomic mass is 10.0. The highest BCUT2D eigenvalue weighted by Gasteiger charge is 2.21. The zero-order valence-corrected chi connectivity index (χ0v) is 16.6. The van der Waals surface area contributed by atoms with E-state index in [0.717, 1.165) is 17.7 Å². The van der Waals surface area contributed by atoms with Gasteiger partial charge >= 0.3 is 5.97 Å². The highest BCUT2D eigenvalue weighted by molar-refractivity contribution is 6.03. The Balaban J connectivity index is 2.09. The van der Waals surface area contributed by atoms with Crippen LogP contribution in [0.1, 0.15) is 35.3 Å². The number of nitrogens with zero attached hydrogens (tertiary/aromatic N) is 2. The maximum absolute atomic E-state index is 12.5. The molecule has 0 aromatic heterocycles. The van der Waals surface area contributed by atoms with Gasteiger partial charge in [-0.05, 0) is 42.7 Å². The third-order valence-corrected chi connectivity index (χ3v) is 4.36. The smallest absolute Gasteiger partial charge is 0.349 e. The molecule has 0 bridgehead atoms. The summed E-state index contributed by atoms with van der Waals surface area (Å²) in [5.74, 6) is -1.12. The predicted octanol–water partition coefficient (Wildman–Crippen LogP) is 4.04. The number of hydrogen-bond acceptors (Lipinski definition) is 5. The first-order valence-corrected chi connectivity index (χ1v) is 9.09. The number of ether oxygens (including phenoxy) is 1. The summed E-state index contributed by atoms with van der Waals surface area (Å²) in [5.41, 5.74) is 3.15. The van der Waals surface area contributed by atoms with Gasteiger partial charge in [0, 0.05) is 25.3 Å². The highest BCUT2D eigenvalue weighted by Crippen LogP contribution is 2.16. The fourth-order valence-corrected chi connectivity index (χ4v) is 2.59. The van der Waals surface area contributed by atoms with E-state index < -0.39 is 12.1 Å². The SMILES string of the molecule is CCc1ccc(C(=O)[C@H](C)OC(=O)/C(C#N)=C/c2ccc(N(C)C)cc2)cc1. The number of carbonyl (C=O) groups is 2. The van der Waals surface area contributed by atoms with Crippen LogP contribution < -0.4 is 4.90 Å². The van der Waals surface area contributed by atoms with Crippen molar-refractivity contribution in [2.45, 2.75) is 26.4 Å². The van der Waals surface area contributed by atoms with Crippen molar-refractivity contribution < 1.29 is 14.3 Å². The number of hydrogen-bond donors (Lipinski definition) is 0. The molecular formula is C23H24N2O3. The minimum atomic E-state index is -0.979. The van der Waals surface area contributed by atoms with E-state index in [1.165, 1.54) is 13.0 Å². The van der Waals surface area contributed by atoms with Gasteiger partial charge in [-0.1, -0.05) is 43.3 Å². The molecule has 0 spiro atoms. The van der Waals surface area contributed by atoms with Gasteiger partial charge in [-0.25, -0.2) is 4.79 Å². The Hall–Kier alpha value is -3.39. The van der Waals surface area contributed by atoms with E-state index in [9.17, 15) is 14.9 Å². The van der Waals surface area contributed by atoms with Gasteiger partial charge in [-0.15, -0.1) is 0 Å². The second-order valence-corrected chi connectivity index (χ2v) is 6.62. The molecule has 2 rings (SSSR count). The van der Waals surface area contributed by atoms with E-state index >= 15 is 0 Å². The van der Waals surface area contributed by atoms with E-state index in [4.69, 9.17) is 4.74 Å². The fraction of sp³-hybridized carbons (Fsp3) is 0.261. The lowest BCUT2D eigenvalue weighted by Gasteiger charge is -2.13. The molecule has 0 aliphatic carbocycles. The summed E-state index contributed by atoms with van der Waals surface area (Å²) in [7, 11) is 3.86. The maximum Gasteiger partial charge on any atom is 0.349 e. The molecule has 0 unspecified atom stereocenters. The molecule has 0 saturated heterocycles. The van der Waals surface area contributed by atoms with Crippen LogP contribution in [0.25, 0.3) is 6.08 Å². The summed E-state index contributed by atoms with van der Waals surface area (Å²) in [5, 5.41) is 9.31. The van der Waals surface area contributed by atoms with Crippen molar-refractivity contribution in [2.75, 3.05) is 19.0 Å². The molecule has 0 heterocycles. The molecule has 5 heteroatoms. The van der Waals surface area contributed by atoms with Gasteiger partial charge in [0.15, 0.2) is 6.10 Å². The second kappa shape index (κ2) is 9.52. The minimum Gasteiger partial charge on any atom is -0.450 e. The summed E-state index contributed by atoms with van der Waals surface area (Å²) in [6.07, 6.45) is 1.35. The first kappa shape index (κ1) is 20.9. The Morgan fingerprint density at radius 3 is 2.21 bits per heavy atom. The predicted molar refractivity (Wildman–Crippen MR) is 110 cm³/mol. The largest absolute Gasteiger partial charge is 0.450 e. The molecule has 144 valence electrons. The molecular weight excluding hydrogens is 352 g/mol. The summed E-state index contributed by atoms with van der Waals surface area (Å²) < 4.78 is 5.22. The number of carbonyl (C=O) groups excluding carboxylic acids is 2. The van der Waals surface area contributed by atoms with Crippen molar-refractivity contribution in [3.63, 3.8) is 0 Å². The van der Waals surface area contributed by atoms with E-state index in [1.54, 1.807) is 12.1 Å². The van der Waals surface area contributed by atoms with Gasteiger partial charge in [0.1, 0.15) is 11.6 Å². The molecule has 5 nitrogen and oxygen atoms in total. The van der Waals surface area contributed by atoms with Crippen molar-refractivity contribution in [1.29, 1.82) is 5.26 Å². The maximum atomic E-state index is 12.5. The molecule has 0 N–H and O–H groups in total. The van der Waals surface area contributed by atoms with Gasteiger partial charge in [0.25, 0.3) is 0 Å². The quantitative estimate of drug-likeness (QED) is 0.316. The third-order valence-electron chi connectivity index (χ3n) is 4.36. The first-order chi connectivity index (χ1) is 13.3. The number of rotatable bonds is 7. The lowest BCUT2D eigenvalue weighted by molar-refractivity contribution is -0.141. The zero-order chi connectivity index (χ0) is 20.7. The third kappa shape index (κ3) is 5.31. The van der Waals surface area contributed by atoms with Crippen LogP contribution in [0.5, 0.6) is 0 Å². The van der Waals surface area contributed by atoms with Gasteiger partial charge in [-0.2, -0.15) is 5.26 Å². The van der Waals surface area contributed by atoms with E-state index in [0.29, 0.717) is 11.1 Å². The Bertz CT molecular complexity index is 904. The monoisotopic (exact) mass is 376 g/mol. The summed E-state index contributed by atoms with van der Waals surface area (Å²) in [6.45, 7) is 3.54. The number of anilines is 1. The average Bonchev–Trinajstić information content (AvgIpc) is 2.71. The van der Waals surface area contributed by atoms with Crippen LogP contribution in [0.4, 0.5) is 5.69 Å². The van der Waals surface area contributed by atoms with Gasteiger partial charge in [0.2, 0.25) is 5.78 Å². The van der Waals surface area contributed by atoms with Gasteiger partial charge < -0.3 is 9.64 Å². The number of nitriles is 1. The molecule has 0 radical (unpaired) electrons. The van der Waals surface area contributed by atoms with Crippen LogP contribution in [0.2, 0.25) is 0 Å². The molecule has 0 fully saturated rings. The average molecular weight is 376 g/mol. The molecule has 2 aromatic rings. The molecule has 2 aromatic carbocycles. The molecule has 28 heavy (non-hydrogen) atoms. The Morgan fingerprint density at radius 2 is 1.71 bits per heavy atom. The summed E-state index contributed by atoms with van der Waals surface area (Å²) in [6, 6.07) is 16.4. The van der Waals surface area contributed by atoms with Gasteiger partial charge in [0.05, 0.1) is 0 Å². The summed E-state index contributed by atoms with van der Waals surface area (Å²) in [4.78, 5) is 26.7. The lowest BCUT2D eigenvalue weighted by Crippen LogP contribution is -2.25.